The molecule has 1 aromatic carbocycles. The highest BCUT2D eigenvalue weighted by Gasteiger charge is 2.19. The van der Waals surface area contributed by atoms with E-state index in [4.69, 9.17) is 9.47 Å². The van der Waals surface area contributed by atoms with Crippen molar-refractivity contribution in [1.29, 1.82) is 0 Å². The number of benzene rings is 1. The van der Waals surface area contributed by atoms with Crippen molar-refractivity contribution in [3.05, 3.63) is 84.1 Å². The van der Waals surface area contributed by atoms with Gasteiger partial charge >= 0.3 is 0 Å². The Labute approximate surface area is 228 Å². The van der Waals surface area contributed by atoms with Crippen molar-refractivity contribution in [2.75, 3.05) is 46.2 Å². The van der Waals surface area contributed by atoms with E-state index < -0.39 is 0 Å². The van der Waals surface area contributed by atoms with Gasteiger partial charge in [0.25, 0.3) is 0 Å². The lowest BCUT2D eigenvalue weighted by molar-refractivity contribution is -0.133. The maximum absolute atomic E-state index is 13.3. The number of nitrogens with zero attached hydrogens (tertiary/aromatic N) is 3. The van der Waals surface area contributed by atoms with Crippen molar-refractivity contribution in [2.45, 2.75) is 40.0 Å². The highest BCUT2D eigenvalue weighted by atomic mass is 16.5. The average molecular weight is 521 g/mol. The van der Waals surface area contributed by atoms with Gasteiger partial charge in [0.2, 0.25) is 5.91 Å². The van der Waals surface area contributed by atoms with E-state index in [1.165, 1.54) is 5.56 Å². The van der Waals surface area contributed by atoms with E-state index in [1.54, 1.807) is 33.6 Å². The molecule has 0 bridgehead atoms. The van der Waals surface area contributed by atoms with E-state index in [0.717, 1.165) is 23.6 Å². The third-order valence-corrected chi connectivity index (χ3v) is 6.27. The van der Waals surface area contributed by atoms with Gasteiger partial charge in [0.05, 0.1) is 37.3 Å². The van der Waals surface area contributed by atoms with Crippen molar-refractivity contribution in [3.8, 4) is 5.69 Å². The van der Waals surface area contributed by atoms with Gasteiger partial charge in [-0.3, -0.25) is 9.79 Å². The highest BCUT2D eigenvalue weighted by molar-refractivity contribution is 5.80. The molecule has 38 heavy (non-hydrogen) atoms. The number of hydrogen-bond acceptors (Lipinski definition) is 5. The molecule has 0 aliphatic rings. The summed E-state index contributed by atoms with van der Waals surface area (Å²) in [6, 6.07) is 10.5. The Balaban J connectivity index is 2.20. The quantitative estimate of drug-likeness (QED) is 0.172. The van der Waals surface area contributed by atoms with Crippen LogP contribution in [0.1, 0.15) is 45.6 Å². The van der Waals surface area contributed by atoms with Crippen molar-refractivity contribution < 1.29 is 14.3 Å². The van der Waals surface area contributed by atoms with E-state index >= 15 is 0 Å². The first kappa shape index (κ1) is 30.5. The van der Waals surface area contributed by atoms with Gasteiger partial charge in [0.15, 0.2) is 0 Å². The minimum Gasteiger partial charge on any atom is -0.501 e. The topological polar surface area (TPSA) is 68.1 Å². The number of aromatic nitrogens is 1. The van der Waals surface area contributed by atoms with Crippen LogP contribution in [0.25, 0.3) is 5.69 Å². The third kappa shape index (κ3) is 9.29. The molecule has 1 aromatic heterocycles. The number of hydrogen-bond donors (Lipinski definition) is 1. The number of carbonyl (C=O) groups is 1. The van der Waals surface area contributed by atoms with Crippen LogP contribution < -0.4 is 5.32 Å². The van der Waals surface area contributed by atoms with Crippen LogP contribution >= 0.6 is 0 Å². The Morgan fingerprint density at radius 1 is 1.16 bits per heavy atom. The summed E-state index contributed by atoms with van der Waals surface area (Å²) in [5.74, 6) is 1.32. The van der Waals surface area contributed by atoms with Gasteiger partial charge in [-0.1, -0.05) is 26.0 Å². The van der Waals surface area contributed by atoms with Gasteiger partial charge in [-0.2, -0.15) is 0 Å². The third-order valence-electron chi connectivity index (χ3n) is 6.27. The molecule has 2 atom stereocenters. The Morgan fingerprint density at radius 3 is 2.53 bits per heavy atom. The zero-order valence-corrected chi connectivity index (χ0v) is 24.0. The van der Waals surface area contributed by atoms with Crippen LogP contribution in [0, 0.1) is 5.92 Å². The maximum atomic E-state index is 13.3. The summed E-state index contributed by atoms with van der Waals surface area (Å²) < 4.78 is 12.8. The lowest BCUT2D eigenvalue weighted by Crippen LogP contribution is -2.38. The summed E-state index contributed by atoms with van der Waals surface area (Å²) in [4.78, 5) is 19.3. The standard InChI is InChI=1S/C31H44N4O3/c1-8-17-35(31(36)25(3)21-28(38-7)22-26(4)37-6)20-16-33-29-23-27(24(2)12-11-15-32-5)13-14-30(29)34-18-9-10-19-34/h9-15,18-19,21-25,33H,8,16-17,20H2,1-7H3/b12-11-,26-22+,28-21+,32-15?. The second kappa shape index (κ2) is 16.2. The fraction of sp³-hybridized carbons (Fsp3) is 0.419. The molecule has 2 rings (SSSR count). The number of methoxy groups -OCH3 is 2. The molecule has 0 fully saturated rings. The Bertz CT molecular complexity index is 1120. The number of carbonyl (C=O) groups excluding carboxylic acids is 1. The molecule has 1 amide bonds. The zero-order chi connectivity index (χ0) is 27.9. The highest BCUT2D eigenvalue weighted by Crippen LogP contribution is 2.27. The molecule has 1 heterocycles. The fourth-order valence-corrected chi connectivity index (χ4v) is 4.08. The van der Waals surface area contributed by atoms with Gasteiger partial charge in [0, 0.05) is 51.4 Å². The van der Waals surface area contributed by atoms with E-state index in [9.17, 15) is 4.79 Å². The largest absolute Gasteiger partial charge is 0.501 e. The molecule has 0 saturated carbocycles. The Kier molecular flexibility index (Phi) is 13.0. The Hall–Kier alpha value is -3.74. The lowest BCUT2D eigenvalue weighted by Gasteiger charge is -2.25. The van der Waals surface area contributed by atoms with E-state index in [1.807, 2.05) is 55.4 Å². The van der Waals surface area contributed by atoms with Gasteiger partial charge < -0.3 is 24.3 Å². The van der Waals surface area contributed by atoms with Crippen molar-refractivity contribution in [1.82, 2.24) is 9.47 Å². The SMILES string of the molecule is CCCN(CCNc1cc(C(C)/C=C\C=NC)ccc1-n1cccc1)C(=O)C(C)/C=C(\C=C(/C)OC)OC. The van der Waals surface area contributed by atoms with E-state index in [-0.39, 0.29) is 17.7 Å². The first-order chi connectivity index (χ1) is 18.3. The van der Waals surface area contributed by atoms with Gasteiger partial charge in [-0.05, 0) is 68.2 Å². The summed E-state index contributed by atoms with van der Waals surface area (Å²) in [7, 11) is 4.98. The minimum absolute atomic E-state index is 0.0717. The summed E-state index contributed by atoms with van der Waals surface area (Å²) in [5.41, 5.74) is 3.30. The second-order valence-corrected chi connectivity index (χ2v) is 9.22. The van der Waals surface area contributed by atoms with Crippen molar-refractivity contribution in [3.63, 3.8) is 0 Å². The van der Waals surface area contributed by atoms with Gasteiger partial charge in [0.1, 0.15) is 5.76 Å². The number of aliphatic imine (C=N–C) groups is 1. The summed E-state index contributed by atoms with van der Waals surface area (Å²) in [6.45, 7) is 9.93. The predicted molar refractivity (Wildman–Crippen MR) is 158 cm³/mol. The van der Waals surface area contributed by atoms with E-state index in [0.29, 0.717) is 25.4 Å². The molecular formula is C31H44N4O3. The first-order valence-electron chi connectivity index (χ1n) is 13.2. The monoisotopic (exact) mass is 520 g/mol. The van der Waals surface area contributed by atoms with Crippen molar-refractivity contribution >= 4 is 17.8 Å². The van der Waals surface area contributed by atoms with Crippen LogP contribution in [-0.4, -0.2) is 62.5 Å². The molecule has 7 nitrogen and oxygen atoms in total. The minimum atomic E-state index is -0.324. The Morgan fingerprint density at radius 2 is 1.89 bits per heavy atom. The fourth-order valence-electron chi connectivity index (χ4n) is 4.08. The summed E-state index contributed by atoms with van der Waals surface area (Å²) in [5, 5.41) is 3.60. The molecule has 206 valence electrons. The number of nitrogens with one attached hydrogen (secondary N) is 1. The average Bonchev–Trinajstić information content (AvgIpc) is 3.46. The maximum Gasteiger partial charge on any atom is 0.229 e. The van der Waals surface area contributed by atoms with Crippen molar-refractivity contribution in [2.24, 2.45) is 10.9 Å². The van der Waals surface area contributed by atoms with Gasteiger partial charge in [-0.25, -0.2) is 0 Å². The molecule has 7 heteroatoms. The predicted octanol–water partition coefficient (Wildman–Crippen LogP) is 6.20. The van der Waals surface area contributed by atoms with Crippen LogP contribution in [-0.2, 0) is 14.3 Å². The van der Waals surface area contributed by atoms with Crippen LogP contribution in [0.15, 0.2) is 83.5 Å². The molecule has 2 unspecified atom stereocenters. The lowest BCUT2D eigenvalue weighted by atomic mass is 9.99. The molecule has 1 N–H and O–H groups in total. The number of anilines is 1. The molecule has 0 aliphatic carbocycles. The molecule has 0 radical (unpaired) electrons. The summed E-state index contributed by atoms with van der Waals surface area (Å²) >= 11 is 0. The van der Waals surface area contributed by atoms with Gasteiger partial charge in [-0.15, -0.1) is 0 Å². The molecule has 0 aliphatic heterocycles. The second-order valence-electron chi connectivity index (χ2n) is 9.22. The van der Waals surface area contributed by atoms with Crippen LogP contribution in [0.2, 0.25) is 0 Å². The zero-order valence-electron chi connectivity index (χ0n) is 24.0. The normalized spacial score (nSPS) is 14.1. The number of rotatable bonds is 15. The van der Waals surface area contributed by atoms with Crippen LogP contribution in [0.5, 0.6) is 0 Å². The van der Waals surface area contributed by atoms with E-state index in [2.05, 4.69) is 53.0 Å². The smallest absolute Gasteiger partial charge is 0.229 e. The molecule has 2 aromatic rings. The molecule has 0 spiro atoms. The molecule has 0 saturated heterocycles. The van der Waals surface area contributed by atoms with Crippen LogP contribution in [0.4, 0.5) is 5.69 Å². The van der Waals surface area contributed by atoms with Crippen LogP contribution in [0.3, 0.4) is 0 Å². The summed E-state index contributed by atoms with van der Waals surface area (Å²) in [6.07, 6.45) is 14.5. The number of amides is 1. The first-order valence-corrected chi connectivity index (χ1v) is 13.2. The number of allylic oxidation sites excluding steroid dienone is 4. The molecular weight excluding hydrogens is 476 g/mol. The number of ether oxygens (including phenoxy) is 2.